The highest BCUT2D eigenvalue weighted by molar-refractivity contribution is 5.91. The zero-order chi connectivity index (χ0) is 15.1. The average molecular weight is 274 g/mol. The largest absolute Gasteiger partial charge is 0.478 e. The third-order valence-electron chi connectivity index (χ3n) is 3.00. The molecule has 0 aliphatic carbocycles. The van der Waals surface area contributed by atoms with E-state index in [1.165, 1.54) is 6.07 Å². The van der Waals surface area contributed by atoms with Gasteiger partial charge in [0.25, 0.3) is 0 Å². The Morgan fingerprint density at radius 3 is 2.55 bits per heavy atom. The summed E-state index contributed by atoms with van der Waals surface area (Å²) in [5, 5.41) is 17.7. The third-order valence-corrected chi connectivity index (χ3v) is 3.00. The van der Waals surface area contributed by atoms with Crippen LogP contribution in [-0.2, 0) is 11.2 Å². The fraction of sp³-hybridized carbons (Fsp3) is 0.400. The predicted octanol–water partition coefficient (Wildman–Crippen LogP) is 2.08. The fourth-order valence-electron chi connectivity index (χ4n) is 1.99. The van der Waals surface area contributed by atoms with Gasteiger partial charge >= 0.3 is 5.97 Å². The van der Waals surface area contributed by atoms with Crippen LogP contribution in [0.2, 0.25) is 0 Å². The van der Waals surface area contributed by atoms with Gasteiger partial charge in [-0.1, -0.05) is 18.2 Å². The number of benzene rings is 1. The normalized spacial score (nSPS) is 10.1. The molecule has 1 aromatic rings. The highest BCUT2D eigenvalue weighted by atomic mass is 16.4. The molecule has 0 saturated carbocycles. The molecule has 5 heteroatoms. The lowest BCUT2D eigenvalue weighted by atomic mass is 10.0. The number of rotatable bonds is 6. The van der Waals surface area contributed by atoms with Crippen LogP contribution in [0.5, 0.6) is 0 Å². The summed E-state index contributed by atoms with van der Waals surface area (Å²) in [6, 6.07) is 8.47. The number of nitrogens with zero attached hydrogens (tertiary/aromatic N) is 2. The summed E-state index contributed by atoms with van der Waals surface area (Å²) < 4.78 is 0. The van der Waals surface area contributed by atoms with Crippen molar-refractivity contribution in [2.24, 2.45) is 0 Å². The van der Waals surface area contributed by atoms with E-state index in [-0.39, 0.29) is 30.4 Å². The summed E-state index contributed by atoms with van der Waals surface area (Å²) in [6.07, 6.45) is 0.302. The van der Waals surface area contributed by atoms with Crippen LogP contribution in [0.4, 0.5) is 0 Å². The summed E-state index contributed by atoms with van der Waals surface area (Å²) in [5.74, 6) is -1.20. The van der Waals surface area contributed by atoms with Crippen LogP contribution < -0.4 is 0 Å². The molecule has 1 N–H and O–H groups in total. The minimum atomic E-state index is -1.04. The Balaban J connectivity index is 2.88. The molecule has 0 unspecified atom stereocenters. The number of aromatic carboxylic acids is 1. The van der Waals surface area contributed by atoms with Crippen LogP contribution in [0, 0.1) is 11.3 Å². The van der Waals surface area contributed by atoms with Gasteiger partial charge in [-0.05, 0) is 25.5 Å². The lowest BCUT2D eigenvalue weighted by Crippen LogP contribution is -2.38. The van der Waals surface area contributed by atoms with Crippen molar-refractivity contribution in [2.45, 2.75) is 32.7 Å². The smallest absolute Gasteiger partial charge is 0.335 e. The van der Waals surface area contributed by atoms with E-state index in [1.54, 1.807) is 23.1 Å². The number of hydrogen-bond donors (Lipinski definition) is 1. The maximum Gasteiger partial charge on any atom is 0.335 e. The quantitative estimate of drug-likeness (QED) is 0.861. The molecule has 0 heterocycles. The van der Waals surface area contributed by atoms with Crippen LogP contribution in [0.25, 0.3) is 0 Å². The summed E-state index contributed by atoms with van der Waals surface area (Å²) in [4.78, 5) is 25.0. The summed E-state index contributed by atoms with van der Waals surface area (Å²) in [7, 11) is 0. The molecule has 0 saturated heterocycles. The molecule has 0 bridgehead atoms. The van der Waals surface area contributed by atoms with Gasteiger partial charge < -0.3 is 10.0 Å². The van der Waals surface area contributed by atoms with Crippen molar-refractivity contribution in [3.8, 4) is 6.07 Å². The maximum atomic E-state index is 12.3. The molecule has 0 atom stereocenters. The molecule has 1 aromatic carbocycles. The van der Waals surface area contributed by atoms with Gasteiger partial charge in [0.1, 0.15) is 0 Å². The van der Waals surface area contributed by atoms with Gasteiger partial charge in [0, 0.05) is 12.6 Å². The van der Waals surface area contributed by atoms with Gasteiger partial charge in [-0.15, -0.1) is 0 Å². The standard InChI is InChI=1S/C15H18N2O3/c1-11(2)17(9-5-8-16)14(18)10-12-6-3-4-7-13(12)15(19)20/h3-4,6-7,11H,5,9-10H2,1-2H3,(H,19,20). The fourth-order valence-corrected chi connectivity index (χ4v) is 1.99. The minimum absolute atomic E-state index is 0.0205. The minimum Gasteiger partial charge on any atom is -0.478 e. The molecule has 0 aliphatic heterocycles. The van der Waals surface area contributed by atoms with Crippen molar-refractivity contribution in [2.75, 3.05) is 6.54 Å². The highest BCUT2D eigenvalue weighted by Gasteiger charge is 2.19. The Morgan fingerprint density at radius 1 is 1.35 bits per heavy atom. The van der Waals surface area contributed by atoms with Crippen molar-refractivity contribution in [3.63, 3.8) is 0 Å². The second-order valence-electron chi connectivity index (χ2n) is 4.73. The first-order valence-electron chi connectivity index (χ1n) is 6.45. The van der Waals surface area contributed by atoms with Gasteiger partial charge in [0.05, 0.1) is 24.5 Å². The first-order valence-corrected chi connectivity index (χ1v) is 6.45. The van der Waals surface area contributed by atoms with E-state index < -0.39 is 5.97 Å². The van der Waals surface area contributed by atoms with Crippen molar-refractivity contribution in [1.82, 2.24) is 4.90 Å². The number of carbonyl (C=O) groups is 2. The number of carbonyl (C=O) groups excluding carboxylic acids is 1. The molecule has 106 valence electrons. The Bertz CT molecular complexity index is 532. The third kappa shape index (κ3) is 4.09. The van der Waals surface area contributed by atoms with E-state index in [0.717, 1.165) is 0 Å². The van der Waals surface area contributed by atoms with Gasteiger partial charge in [-0.2, -0.15) is 5.26 Å². The van der Waals surface area contributed by atoms with Gasteiger partial charge in [-0.3, -0.25) is 4.79 Å². The molecule has 20 heavy (non-hydrogen) atoms. The molecule has 1 amide bonds. The lowest BCUT2D eigenvalue weighted by Gasteiger charge is -2.26. The number of nitriles is 1. The Hall–Kier alpha value is -2.35. The second kappa shape index (κ2) is 7.29. The topological polar surface area (TPSA) is 81.4 Å². The molecular formula is C15H18N2O3. The van der Waals surface area contributed by atoms with Crippen LogP contribution >= 0.6 is 0 Å². The summed E-state index contributed by atoms with van der Waals surface area (Å²) >= 11 is 0. The zero-order valence-electron chi connectivity index (χ0n) is 11.7. The number of hydrogen-bond acceptors (Lipinski definition) is 3. The molecule has 0 fully saturated rings. The van der Waals surface area contributed by atoms with Crippen molar-refractivity contribution >= 4 is 11.9 Å². The predicted molar refractivity (Wildman–Crippen MR) is 74.2 cm³/mol. The van der Waals surface area contributed by atoms with Crippen molar-refractivity contribution in [3.05, 3.63) is 35.4 Å². The second-order valence-corrected chi connectivity index (χ2v) is 4.73. The Morgan fingerprint density at radius 2 is 2.00 bits per heavy atom. The van der Waals surface area contributed by atoms with E-state index in [1.807, 2.05) is 19.9 Å². The van der Waals surface area contributed by atoms with Gasteiger partial charge in [-0.25, -0.2) is 4.79 Å². The summed E-state index contributed by atoms with van der Waals surface area (Å²) in [6.45, 7) is 4.11. The first kappa shape index (κ1) is 15.7. The average Bonchev–Trinajstić information content (AvgIpc) is 2.39. The van der Waals surface area contributed by atoms with E-state index in [9.17, 15) is 9.59 Å². The van der Waals surface area contributed by atoms with E-state index in [4.69, 9.17) is 10.4 Å². The van der Waals surface area contributed by atoms with Crippen LogP contribution in [0.1, 0.15) is 36.2 Å². The van der Waals surface area contributed by atoms with Crippen LogP contribution in [0.3, 0.4) is 0 Å². The molecule has 0 spiro atoms. The van der Waals surface area contributed by atoms with Crippen LogP contribution in [-0.4, -0.2) is 34.5 Å². The maximum absolute atomic E-state index is 12.3. The molecule has 5 nitrogen and oxygen atoms in total. The SMILES string of the molecule is CC(C)N(CCC#N)C(=O)Cc1ccccc1C(=O)O. The first-order chi connectivity index (χ1) is 9.47. The van der Waals surface area contributed by atoms with E-state index in [0.29, 0.717) is 12.1 Å². The Labute approximate surface area is 118 Å². The molecule has 0 radical (unpaired) electrons. The Kier molecular flexibility index (Phi) is 5.73. The van der Waals surface area contributed by atoms with E-state index in [2.05, 4.69) is 0 Å². The van der Waals surface area contributed by atoms with Crippen molar-refractivity contribution < 1.29 is 14.7 Å². The van der Waals surface area contributed by atoms with E-state index >= 15 is 0 Å². The number of carboxylic acids is 1. The molecule has 1 rings (SSSR count). The summed E-state index contributed by atoms with van der Waals surface area (Å²) in [5.41, 5.74) is 0.637. The number of amides is 1. The van der Waals surface area contributed by atoms with Crippen LogP contribution in [0.15, 0.2) is 24.3 Å². The lowest BCUT2D eigenvalue weighted by molar-refractivity contribution is -0.132. The van der Waals surface area contributed by atoms with Crippen molar-refractivity contribution in [1.29, 1.82) is 5.26 Å². The highest BCUT2D eigenvalue weighted by Crippen LogP contribution is 2.12. The molecular weight excluding hydrogens is 256 g/mol. The molecule has 0 aliphatic rings. The zero-order valence-corrected chi connectivity index (χ0v) is 11.7. The van der Waals surface area contributed by atoms with Gasteiger partial charge in [0.2, 0.25) is 5.91 Å². The van der Waals surface area contributed by atoms with Gasteiger partial charge in [0.15, 0.2) is 0 Å². The number of carboxylic acid groups (broad SMARTS) is 1. The molecule has 0 aromatic heterocycles. The monoisotopic (exact) mass is 274 g/mol.